The Labute approximate surface area is 204 Å². The summed E-state index contributed by atoms with van der Waals surface area (Å²) in [5.74, 6) is -1.57. The zero-order valence-corrected chi connectivity index (χ0v) is 18.6. The number of alkyl halides is 3. The van der Waals surface area contributed by atoms with Gasteiger partial charge in [0.15, 0.2) is 5.15 Å². The fourth-order valence-corrected chi connectivity index (χ4v) is 3.52. The molecule has 0 atom stereocenters. The maximum Gasteiger partial charge on any atom is 0.417 e. The van der Waals surface area contributed by atoms with E-state index >= 15 is 0 Å². The number of ether oxygens (including phenoxy) is 1. The van der Waals surface area contributed by atoms with Crippen molar-refractivity contribution in [3.63, 3.8) is 0 Å². The van der Waals surface area contributed by atoms with Crippen molar-refractivity contribution in [1.29, 1.82) is 5.26 Å². The van der Waals surface area contributed by atoms with E-state index in [1.807, 2.05) is 0 Å². The molecule has 6 nitrogen and oxygen atoms in total. The highest BCUT2D eigenvalue weighted by atomic mass is 35.5. The normalized spacial score (nSPS) is 11.2. The zero-order valence-electron chi connectivity index (χ0n) is 17.9. The molecule has 0 aliphatic heterocycles. The summed E-state index contributed by atoms with van der Waals surface area (Å²) < 4.78 is 75.0. The third-order valence-corrected chi connectivity index (χ3v) is 5.20. The van der Waals surface area contributed by atoms with Crippen LogP contribution >= 0.6 is 11.6 Å². The lowest BCUT2D eigenvalue weighted by Crippen LogP contribution is -2.29. The quantitative estimate of drug-likeness (QED) is 0.304. The minimum absolute atomic E-state index is 0.0664. The minimum atomic E-state index is -5.01. The van der Waals surface area contributed by atoms with Crippen LogP contribution < -0.4 is 10.3 Å². The number of nitriles is 1. The number of hydrogen-bond donors (Lipinski definition) is 0. The SMILES string of the molecule is N#Cc1c(C(F)(F)F)cc(-c2ccc(Oc3cncc(Cl)n3)cc2)n(Cc2ccc(F)cc2F)c1=O. The molecule has 2 heterocycles. The third-order valence-electron chi connectivity index (χ3n) is 5.02. The highest BCUT2D eigenvalue weighted by molar-refractivity contribution is 6.29. The molecule has 0 aliphatic carbocycles. The minimum Gasteiger partial charge on any atom is -0.437 e. The third kappa shape index (κ3) is 5.18. The molecule has 4 rings (SSSR count). The molecule has 0 saturated heterocycles. The van der Waals surface area contributed by atoms with Gasteiger partial charge in [-0.15, -0.1) is 0 Å². The van der Waals surface area contributed by atoms with Crippen LogP contribution in [-0.2, 0) is 12.7 Å². The van der Waals surface area contributed by atoms with Crippen LogP contribution in [0, 0.1) is 23.0 Å². The molecule has 182 valence electrons. The first kappa shape index (κ1) is 24.8. The van der Waals surface area contributed by atoms with Gasteiger partial charge in [0.1, 0.15) is 29.0 Å². The van der Waals surface area contributed by atoms with Gasteiger partial charge in [-0.3, -0.25) is 9.78 Å². The van der Waals surface area contributed by atoms with Crippen LogP contribution in [0.2, 0.25) is 5.15 Å². The average Bonchev–Trinajstić information content (AvgIpc) is 2.81. The maximum atomic E-state index is 14.3. The van der Waals surface area contributed by atoms with Crippen LogP contribution in [0.15, 0.2) is 65.7 Å². The number of halogens is 6. The van der Waals surface area contributed by atoms with Gasteiger partial charge in [0.05, 0.1) is 30.2 Å². The predicted molar refractivity (Wildman–Crippen MR) is 118 cm³/mol. The number of hydrogen-bond acceptors (Lipinski definition) is 5. The molecule has 0 fully saturated rings. The van der Waals surface area contributed by atoms with Crippen LogP contribution in [0.5, 0.6) is 11.6 Å². The molecule has 12 heteroatoms. The Morgan fingerprint density at radius 1 is 1.06 bits per heavy atom. The molecule has 2 aromatic heterocycles. The summed E-state index contributed by atoms with van der Waals surface area (Å²) >= 11 is 5.76. The van der Waals surface area contributed by atoms with Gasteiger partial charge in [0.25, 0.3) is 5.56 Å². The molecular weight excluding hydrogens is 507 g/mol. The molecule has 0 bridgehead atoms. The summed E-state index contributed by atoms with van der Waals surface area (Å²) in [6, 6.07) is 10.1. The van der Waals surface area contributed by atoms with Crippen molar-refractivity contribution >= 4 is 11.6 Å². The van der Waals surface area contributed by atoms with E-state index in [2.05, 4.69) is 9.97 Å². The van der Waals surface area contributed by atoms with Crippen LogP contribution in [0.1, 0.15) is 16.7 Å². The Balaban J connectivity index is 1.83. The van der Waals surface area contributed by atoms with Crippen LogP contribution in [0.25, 0.3) is 11.3 Å². The molecule has 0 unspecified atom stereocenters. The summed E-state index contributed by atoms with van der Waals surface area (Å²) in [7, 11) is 0. The standard InChI is InChI=1S/C24H12ClF5N4O2/c25-21-10-32-11-22(33-21)36-16-5-2-13(3-6-16)20-8-18(24(28,29)30)17(9-31)23(35)34(20)12-14-1-4-15(26)7-19(14)27/h1-8,10-11H,12H2. The van der Waals surface area contributed by atoms with Gasteiger partial charge >= 0.3 is 6.18 Å². The number of aromatic nitrogens is 3. The highest BCUT2D eigenvalue weighted by Crippen LogP contribution is 2.34. The monoisotopic (exact) mass is 518 g/mol. The molecule has 0 saturated carbocycles. The van der Waals surface area contributed by atoms with Crippen molar-refractivity contribution in [3.8, 4) is 29.0 Å². The molecule has 0 spiro atoms. The largest absolute Gasteiger partial charge is 0.437 e. The van der Waals surface area contributed by atoms with E-state index < -0.39 is 41.0 Å². The first-order valence-corrected chi connectivity index (χ1v) is 10.4. The lowest BCUT2D eigenvalue weighted by atomic mass is 10.0. The number of nitrogens with zero attached hydrogens (tertiary/aromatic N) is 4. The van der Waals surface area contributed by atoms with E-state index in [1.165, 1.54) is 42.7 Å². The second-order valence-corrected chi connectivity index (χ2v) is 7.75. The topological polar surface area (TPSA) is 80.8 Å². The van der Waals surface area contributed by atoms with Crippen molar-refractivity contribution in [3.05, 3.63) is 105 Å². The Morgan fingerprint density at radius 3 is 2.39 bits per heavy atom. The lowest BCUT2D eigenvalue weighted by molar-refractivity contribution is -0.137. The van der Waals surface area contributed by atoms with Crippen molar-refractivity contribution < 1.29 is 26.7 Å². The molecule has 4 aromatic rings. The second kappa shape index (κ2) is 9.75. The molecule has 0 radical (unpaired) electrons. The highest BCUT2D eigenvalue weighted by Gasteiger charge is 2.36. The van der Waals surface area contributed by atoms with Crippen LogP contribution in [0.4, 0.5) is 22.0 Å². The van der Waals surface area contributed by atoms with E-state index in [9.17, 15) is 32.0 Å². The molecular formula is C24H12ClF5N4O2. The van der Waals surface area contributed by atoms with Crippen LogP contribution in [-0.4, -0.2) is 14.5 Å². The van der Waals surface area contributed by atoms with Gasteiger partial charge in [-0.2, -0.15) is 23.4 Å². The summed E-state index contributed by atoms with van der Waals surface area (Å²) in [4.78, 5) is 20.7. The second-order valence-electron chi connectivity index (χ2n) is 7.36. The van der Waals surface area contributed by atoms with Gasteiger partial charge < -0.3 is 9.30 Å². The van der Waals surface area contributed by atoms with Gasteiger partial charge in [0, 0.05) is 11.6 Å². The van der Waals surface area contributed by atoms with Gasteiger partial charge in [-0.1, -0.05) is 17.7 Å². The Morgan fingerprint density at radius 2 is 1.78 bits per heavy atom. The Kier molecular flexibility index (Phi) is 6.72. The summed E-state index contributed by atoms with van der Waals surface area (Å²) in [5, 5.41) is 9.36. The van der Waals surface area contributed by atoms with E-state index in [0.717, 1.165) is 16.7 Å². The first-order valence-electron chi connectivity index (χ1n) is 10.0. The number of rotatable bonds is 5. The zero-order chi connectivity index (χ0) is 26.0. The molecule has 2 aromatic carbocycles. The smallest absolute Gasteiger partial charge is 0.417 e. The van der Waals surface area contributed by atoms with Crippen molar-refractivity contribution in [2.75, 3.05) is 0 Å². The molecule has 0 N–H and O–H groups in total. The summed E-state index contributed by atoms with van der Waals surface area (Å²) in [5.41, 5.74) is -4.13. The van der Waals surface area contributed by atoms with Crippen LogP contribution in [0.3, 0.4) is 0 Å². The van der Waals surface area contributed by atoms with Crippen molar-refractivity contribution in [2.24, 2.45) is 0 Å². The summed E-state index contributed by atoms with van der Waals surface area (Å²) in [6.07, 6.45) is -2.41. The van der Waals surface area contributed by atoms with Crippen molar-refractivity contribution in [2.45, 2.75) is 12.7 Å². The van der Waals surface area contributed by atoms with E-state index in [4.69, 9.17) is 16.3 Å². The fraction of sp³-hybridized carbons (Fsp3) is 0.0833. The van der Waals surface area contributed by atoms with Crippen molar-refractivity contribution in [1.82, 2.24) is 14.5 Å². The fourth-order valence-electron chi connectivity index (χ4n) is 3.38. The molecule has 0 aliphatic rings. The number of benzene rings is 2. The van der Waals surface area contributed by atoms with E-state index in [-0.39, 0.29) is 33.6 Å². The Hall–Kier alpha value is -4.30. The van der Waals surface area contributed by atoms with Gasteiger partial charge in [-0.05, 0) is 42.0 Å². The molecule has 36 heavy (non-hydrogen) atoms. The van der Waals surface area contributed by atoms with Gasteiger partial charge in [0.2, 0.25) is 5.88 Å². The number of pyridine rings is 1. The first-order chi connectivity index (χ1) is 17.1. The average molecular weight is 519 g/mol. The lowest BCUT2D eigenvalue weighted by Gasteiger charge is -2.18. The van der Waals surface area contributed by atoms with Gasteiger partial charge in [-0.25, -0.2) is 8.78 Å². The van der Waals surface area contributed by atoms with E-state index in [1.54, 1.807) is 0 Å². The summed E-state index contributed by atoms with van der Waals surface area (Å²) in [6.45, 7) is -0.552. The predicted octanol–water partition coefficient (Wildman–Crippen LogP) is 5.97. The molecule has 0 amide bonds. The maximum absolute atomic E-state index is 14.3. The van der Waals surface area contributed by atoms with E-state index in [0.29, 0.717) is 12.1 Å². The Bertz CT molecular complexity index is 1550.